The Kier molecular flexibility index (Phi) is 5.55. The molecule has 1 unspecified atom stereocenters. The van der Waals surface area contributed by atoms with E-state index in [1.807, 2.05) is 54.2 Å². The van der Waals surface area contributed by atoms with Crippen molar-refractivity contribution in [1.29, 1.82) is 0 Å². The van der Waals surface area contributed by atoms with Crippen LogP contribution >= 0.6 is 0 Å². The van der Waals surface area contributed by atoms with E-state index in [0.29, 0.717) is 19.6 Å². The summed E-state index contributed by atoms with van der Waals surface area (Å²) in [4.78, 5) is 22.9. The van der Waals surface area contributed by atoms with Gasteiger partial charge in [0.15, 0.2) is 0 Å². The van der Waals surface area contributed by atoms with Gasteiger partial charge < -0.3 is 19.5 Å². The van der Waals surface area contributed by atoms with Gasteiger partial charge in [-0.1, -0.05) is 6.07 Å². The second kappa shape index (κ2) is 8.02. The summed E-state index contributed by atoms with van der Waals surface area (Å²) in [7, 11) is 3.95. The highest BCUT2D eigenvalue weighted by Gasteiger charge is 2.23. The van der Waals surface area contributed by atoms with Crippen LogP contribution in [-0.4, -0.2) is 67.6 Å². The first-order valence-electron chi connectivity index (χ1n) is 8.54. The fraction of sp³-hybridized carbons (Fsp3) is 0.444. The summed E-state index contributed by atoms with van der Waals surface area (Å²) in [6.45, 7) is 3.48. The van der Waals surface area contributed by atoms with Crippen LogP contribution in [0.2, 0.25) is 0 Å². The molecule has 0 aromatic carbocycles. The van der Waals surface area contributed by atoms with E-state index in [1.165, 1.54) is 0 Å². The predicted octanol–water partition coefficient (Wildman–Crippen LogP) is 1.81. The maximum Gasteiger partial charge on any atom is 0.317 e. The number of carbonyl (C=O) groups is 1. The van der Waals surface area contributed by atoms with Gasteiger partial charge >= 0.3 is 6.03 Å². The maximum atomic E-state index is 12.5. The molecule has 2 amide bonds. The van der Waals surface area contributed by atoms with Crippen LogP contribution in [0.15, 0.2) is 47.2 Å². The van der Waals surface area contributed by atoms with Gasteiger partial charge in [0.2, 0.25) is 0 Å². The second-order valence-corrected chi connectivity index (χ2v) is 6.34. The lowest BCUT2D eigenvalue weighted by Gasteiger charge is -2.35. The lowest BCUT2D eigenvalue weighted by Crippen LogP contribution is -2.52. The van der Waals surface area contributed by atoms with Crippen molar-refractivity contribution < 1.29 is 9.21 Å². The van der Waals surface area contributed by atoms with E-state index in [1.54, 1.807) is 12.5 Å². The van der Waals surface area contributed by atoms with Crippen molar-refractivity contribution in [3.05, 3.63) is 48.6 Å². The van der Waals surface area contributed by atoms with E-state index in [0.717, 1.165) is 24.7 Å². The molecule has 2 aromatic rings. The largest absolute Gasteiger partial charge is 0.468 e. The van der Waals surface area contributed by atoms with Gasteiger partial charge in [-0.05, 0) is 38.4 Å². The van der Waals surface area contributed by atoms with Gasteiger partial charge in [0, 0.05) is 38.9 Å². The molecule has 0 bridgehead atoms. The molecule has 0 aliphatic carbocycles. The molecule has 1 fully saturated rings. The molecule has 1 aliphatic rings. The molecule has 3 rings (SSSR count). The van der Waals surface area contributed by atoms with Crippen LogP contribution in [0.25, 0.3) is 0 Å². The summed E-state index contributed by atoms with van der Waals surface area (Å²) in [5.41, 5.74) is 0. The highest BCUT2D eigenvalue weighted by atomic mass is 16.3. The summed E-state index contributed by atoms with van der Waals surface area (Å²) in [5.74, 6) is 1.82. The van der Waals surface area contributed by atoms with Crippen molar-refractivity contribution in [3.8, 4) is 0 Å². The molecule has 7 heteroatoms. The Morgan fingerprint density at radius 3 is 2.64 bits per heavy atom. The third-order valence-electron chi connectivity index (χ3n) is 4.48. The van der Waals surface area contributed by atoms with E-state index in [9.17, 15) is 4.79 Å². The minimum Gasteiger partial charge on any atom is -0.468 e. The zero-order chi connectivity index (χ0) is 17.6. The van der Waals surface area contributed by atoms with Crippen LogP contribution in [0.3, 0.4) is 0 Å². The molecule has 1 saturated heterocycles. The first-order valence-corrected chi connectivity index (χ1v) is 8.54. The van der Waals surface area contributed by atoms with Gasteiger partial charge in [0.25, 0.3) is 0 Å². The quantitative estimate of drug-likeness (QED) is 0.897. The van der Waals surface area contributed by atoms with Crippen LogP contribution in [0.5, 0.6) is 0 Å². The smallest absolute Gasteiger partial charge is 0.317 e. The topological polar surface area (TPSA) is 64.9 Å². The highest BCUT2D eigenvalue weighted by molar-refractivity contribution is 5.74. The zero-order valence-corrected chi connectivity index (χ0v) is 14.8. The van der Waals surface area contributed by atoms with Crippen LogP contribution in [-0.2, 0) is 0 Å². The van der Waals surface area contributed by atoms with Crippen LogP contribution in [0.4, 0.5) is 10.6 Å². The second-order valence-electron chi connectivity index (χ2n) is 6.34. The van der Waals surface area contributed by atoms with Crippen molar-refractivity contribution in [2.45, 2.75) is 6.04 Å². The number of rotatable bonds is 5. The fourth-order valence-electron chi connectivity index (χ4n) is 2.99. The van der Waals surface area contributed by atoms with E-state index in [2.05, 4.69) is 15.2 Å². The summed E-state index contributed by atoms with van der Waals surface area (Å²) in [6, 6.07) is 9.69. The number of amides is 2. The average Bonchev–Trinajstić information content (AvgIpc) is 3.16. The number of nitrogens with zero attached hydrogens (tertiary/aromatic N) is 4. The van der Waals surface area contributed by atoms with E-state index < -0.39 is 0 Å². The molecular formula is C18H25N5O2. The Hall–Kier alpha value is -2.54. The van der Waals surface area contributed by atoms with Crippen LogP contribution in [0.1, 0.15) is 11.8 Å². The number of pyridine rings is 1. The summed E-state index contributed by atoms with van der Waals surface area (Å²) in [5, 5.41) is 3.03. The molecule has 0 saturated carbocycles. The van der Waals surface area contributed by atoms with Crippen molar-refractivity contribution in [2.75, 3.05) is 51.7 Å². The van der Waals surface area contributed by atoms with Crippen molar-refractivity contribution >= 4 is 11.8 Å². The summed E-state index contributed by atoms with van der Waals surface area (Å²) >= 11 is 0. The first-order chi connectivity index (χ1) is 12.1. The molecule has 1 N–H and O–H groups in total. The van der Waals surface area contributed by atoms with E-state index in [-0.39, 0.29) is 12.1 Å². The standard InChI is InChI=1S/C18H25N5O2/c1-21(2)15(16-6-5-13-25-16)14-20-18(24)23-11-9-22(10-12-23)17-7-3-4-8-19-17/h3-8,13,15H,9-12,14H2,1-2H3,(H,20,24). The van der Waals surface area contributed by atoms with E-state index in [4.69, 9.17) is 4.42 Å². The lowest BCUT2D eigenvalue weighted by molar-refractivity contribution is 0.186. The molecule has 0 radical (unpaired) electrons. The monoisotopic (exact) mass is 343 g/mol. The van der Waals surface area contributed by atoms with Gasteiger partial charge in [0.1, 0.15) is 11.6 Å². The molecular weight excluding hydrogens is 318 g/mol. The predicted molar refractivity (Wildman–Crippen MR) is 96.6 cm³/mol. The number of hydrogen-bond acceptors (Lipinski definition) is 5. The molecule has 25 heavy (non-hydrogen) atoms. The van der Waals surface area contributed by atoms with Gasteiger partial charge in [-0.15, -0.1) is 0 Å². The maximum absolute atomic E-state index is 12.5. The number of hydrogen-bond donors (Lipinski definition) is 1. The zero-order valence-electron chi connectivity index (χ0n) is 14.8. The lowest BCUT2D eigenvalue weighted by atomic mass is 10.2. The SMILES string of the molecule is CN(C)C(CNC(=O)N1CCN(c2ccccn2)CC1)c1ccco1. The number of anilines is 1. The van der Waals surface area contributed by atoms with Gasteiger partial charge in [0.05, 0.1) is 12.3 Å². The van der Waals surface area contributed by atoms with Gasteiger partial charge in [-0.3, -0.25) is 4.90 Å². The third kappa shape index (κ3) is 4.30. The Morgan fingerprint density at radius 1 is 1.24 bits per heavy atom. The van der Waals surface area contributed by atoms with Crippen LogP contribution < -0.4 is 10.2 Å². The number of carbonyl (C=O) groups excluding carboxylic acids is 1. The molecule has 1 atom stereocenters. The molecule has 2 aromatic heterocycles. The van der Waals surface area contributed by atoms with Crippen molar-refractivity contribution in [2.24, 2.45) is 0 Å². The number of urea groups is 1. The number of piperazine rings is 1. The Morgan fingerprint density at radius 2 is 2.04 bits per heavy atom. The number of furan rings is 1. The van der Waals surface area contributed by atoms with Gasteiger partial charge in [-0.2, -0.15) is 0 Å². The third-order valence-corrected chi connectivity index (χ3v) is 4.48. The fourth-order valence-corrected chi connectivity index (χ4v) is 2.99. The van der Waals surface area contributed by atoms with E-state index >= 15 is 0 Å². The minimum absolute atomic E-state index is 0.0220. The normalized spacial score (nSPS) is 16.1. The highest BCUT2D eigenvalue weighted by Crippen LogP contribution is 2.18. The average molecular weight is 343 g/mol. The molecule has 1 aliphatic heterocycles. The Labute approximate surface area is 148 Å². The molecule has 3 heterocycles. The van der Waals surface area contributed by atoms with Gasteiger partial charge in [-0.25, -0.2) is 9.78 Å². The summed E-state index contributed by atoms with van der Waals surface area (Å²) < 4.78 is 5.48. The molecule has 0 spiro atoms. The number of aromatic nitrogens is 1. The van der Waals surface area contributed by atoms with Crippen molar-refractivity contribution in [3.63, 3.8) is 0 Å². The first kappa shape index (κ1) is 17.3. The Bertz CT molecular complexity index is 651. The Balaban J connectivity index is 1.49. The molecule has 134 valence electrons. The number of likely N-dealkylation sites (N-methyl/N-ethyl adjacent to an activating group) is 1. The minimum atomic E-state index is -0.0286. The summed E-state index contributed by atoms with van der Waals surface area (Å²) in [6.07, 6.45) is 3.45. The van der Waals surface area contributed by atoms with Crippen molar-refractivity contribution in [1.82, 2.24) is 20.1 Å². The van der Waals surface area contributed by atoms with Crippen LogP contribution in [0, 0.1) is 0 Å². The molecule has 7 nitrogen and oxygen atoms in total. The number of nitrogens with one attached hydrogen (secondary N) is 1.